The number of carbonyl (C=O) groups is 1. The maximum absolute atomic E-state index is 12.4. The molecule has 1 aliphatic rings. The summed E-state index contributed by atoms with van der Waals surface area (Å²) in [5, 5.41) is 9.01. The standard InChI is InChI=1S/C12H13F2NO4S/c13-11(14)8-3-5-9(6-4-8)20(18,19)15-7-1-2-10(15)12(16)17/h3-6,10-11H,1-2,7H2,(H,16,17)/t10-/m0/s1. The van der Waals surface area contributed by atoms with Gasteiger partial charge in [0, 0.05) is 12.1 Å². The number of sulfonamides is 1. The second-order valence-corrected chi connectivity index (χ2v) is 6.37. The van der Waals surface area contributed by atoms with Crippen LogP contribution in [0.5, 0.6) is 0 Å². The van der Waals surface area contributed by atoms with Crippen molar-refractivity contribution in [1.29, 1.82) is 0 Å². The third-order valence-electron chi connectivity index (χ3n) is 3.23. The summed E-state index contributed by atoms with van der Waals surface area (Å²) in [4.78, 5) is 10.9. The Bertz CT molecular complexity index is 600. The van der Waals surface area contributed by atoms with Crippen LogP contribution in [-0.4, -0.2) is 36.4 Å². The molecule has 1 fully saturated rings. The molecule has 2 rings (SSSR count). The van der Waals surface area contributed by atoms with Crippen molar-refractivity contribution in [1.82, 2.24) is 4.31 Å². The predicted molar refractivity (Wildman–Crippen MR) is 65.9 cm³/mol. The quantitative estimate of drug-likeness (QED) is 0.921. The Labute approximate surface area is 114 Å². The molecule has 1 atom stereocenters. The van der Waals surface area contributed by atoms with Crippen LogP contribution in [0.1, 0.15) is 24.8 Å². The van der Waals surface area contributed by atoms with Gasteiger partial charge in [0.05, 0.1) is 4.90 Å². The summed E-state index contributed by atoms with van der Waals surface area (Å²) in [6, 6.07) is 3.13. The van der Waals surface area contributed by atoms with Gasteiger partial charge in [-0.25, -0.2) is 17.2 Å². The number of nitrogens with zero attached hydrogens (tertiary/aromatic N) is 1. The summed E-state index contributed by atoms with van der Waals surface area (Å²) in [5.41, 5.74) is -0.278. The summed E-state index contributed by atoms with van der Waals surface area (Å²) in [5.74, 6) is -1.20. The lowest BCUT2D eigenvalue weighted by Crippen LogP contribution is -2.40. The molecule has 20 heavy (non-hydrogen) atoms. The van der Waals surface area contributed by atoms with Crippen LogP contribution in [0.2, 0.25) is 0 Å². The first kappa shape index (κ1) is 14.9. The molecule has 1 aromatic rings. The number of alkyl halides is 2. The number of carboxylic acids is 1. The van der Waals surface area contributed by atoms with Crippen molar-refractivity contribution < 1.29 is 27.1 Å². The van der Waals surface area contributed by atoms with E-state index in [1.807, 2.05) is 0 Å². The highest BCUT2D eigenvalue weighted by molar-refractivity contribution is 7.89. The van der Waals surface area contributed by atoms with Crippen LogP contribution in [0.25, 0.3) is 0 Å². The minimum atomic E-state index is -3.97. The van der Waals surface area contributed by atoms with Crippen molar-refractivity contribution in [3.63, 3.8) is 0 Å². The number of hydrogen-bond donors (Lipinski definition) is 1. The largest absolute Gasteiger partial charge is 0.480 e. The maximum atomic E-state index is 12.4. The molecule has 1 aromatic carbocycles. The zero-order chi connectivity index (χ0) is 14.9. The first-order valence-electron chi connectivity index (χ1n) is 5.97. The van der Waals surface area contributed by atoms with E-state index >= 15 is 0 Å². The SMILES string of the molecule is O=C(O)[C@@H]1CCCN1S(=O)(=O)c1ccc(C(F)F)cc1. The van der Waals surface area contributed by atoms with Crippen molar-refractivity contribution in [2.75, 3.05) is 6.54 Å². The maximum Gasteiger partial charge on any atom is 0.322 e. The van der Waals surface area contributed by atoms with Gasteiger partial charge in [-0.3, -0.25) is 4.79 Å². The Morgan fingerprint density at radius 1 is 1.30 bits per heavy atom. The van der Waals surface area contributed by atoms with Gasteiger partial charge in [0.15, 0.2) is 0 Å². The molecular weight excluding hydrogens is 292 g/mol. The summed E-state index contributed by atoms with van der Waals surface area (Å²) in [7, 11) is -3.97. The van der Waals surface area contributed by atoms with Crippen LogP contribution in [0.3, 0.4) is 0 Å². The van der Waals surface area contributed by atoms with E-state index in [4.69, 9.17) is 5.11 Å². The molecule has 0 radical (unpaired) electrons. The third kappa shape index (κ3) is 2.66. The van der Waals surface area contributed by atoms with Gasteiger partial charge in [-0.1, -0.05) is 12.1 Å². The smallest absolute Gasteiger partial charge is 0.322 e. The summed E-state index contributed by atoms with van der Waals surface area (Å²) < 4.78 is 50.4. The van der Waals surface area contributed by atoms with Crippen LogP contribution in [-0.2, 0) is 14.8 Å². The minimum absolute atomic E-state index is 0.121. The van der Waals surface area contributed by atoms with Crippen LogP contribution in [0.15, 0.2) is 29.2 Å². The fraction of sp³-hybridized carbons (Fsp3) is 0.417. The molecule has 0 unspecified atom stereocenters. The molecule has 110 valence electrons. The molecule has 1 aliphatic heterocycles. The highest BCUT2D eigenvalue weighted by Gasteiger charge is 2.39. The molecule has 1 N–H and O–H groups in total. The molecule has 8 heteroatoms. The van der Waals surface area contributed by atoms with Gasteiger partial charge < -0.3 is 5.11 Å². The molecule has 5 nitrogen and oxygen atoms in total. The first-order valence-corrected chi connectivity index (χ1v) is 7.41. The van der Waals surface area contributed by atoms with Crippen molar-refractivity contribution in [3.8, 4) is 0 Å². The van der Waals surface area contributed by atoms with Crippen molar-refractivity contribution >= 4 is 16.0 Å². The van der Waals surface area contributed by atoms with Crippen LogP contribution < -0.4 is 0 Å². The molecule has 0 saturated carbocycles. The van der Waals surface area contributed by atoms with Crippen molar-refractivity contribution in [2.24, 2.45) is 0 Å². The molecule has 0 aromatic heterocycles. The molecule has 1 heterocycles. The number of halogens is 2. The van der Waals surface area contributed by atoms with Crippen LogP contribution in [0, 0.1) is 0 Å². The van der Waals surface area contributed by atoms with Gasteiger partial charge in [-0.2, -0.15) is 4.31 Å². The number of hydrogen-bond acceptors (Lipinski definition) is 3. The Balaban J connectivity index is 2.32. The average molecular weight is 305 g/mol. The zero-order valence-corrected chi connectivity index (χ0v) is 11.2. The van der Waals surface area contributed by atoms with Gasteiger partial charge in [0.1, 0.15) is 6.04 Å². The Morgan fingerprint density at radius 3 is 2.40 bits per heavy atom. The molecule has 0 spiro atoms. The lowest BCUT2D eigenvalue weighted by Gasteiger charge is -2.21. The van der Waals surface area contributed by atoms with Crippen molar-refractivity contribution in [3.05, 3.63) is 29.8 Å². The van der Waals surface area contributed by atoms with Crippen LogP contribution in [0.4, 0.5) is 8.78 Å². The Kier molecular flexibility index (Phi) is 4.05. The van der Waals surface area contributed by atoms with Crippen molar-refractivity contribution in [2.45, 2.75) is 30.2 Å². The fourth-order valence-corrected chi connectivity index (χ4v) is 3.85. The Hall–Kier alpha value is -1.54. The molecular formula is C12H13F2NO4S. The monoisotopic (exact) mass is 305 g/mol. The minimum Gasteiger partial charge on any atom is -0.480 e. The molecule has 0 bridgehead atoms. The third-order valence-corrected chi connectivity index (χ3v) is 5.15. The van der Waals surface area contributed by atoms with Gasteiger partial charge in [0.25, 0.3) is 6.43 Å². The van der Waals surface area contributed by atoms with E-state index < -0.39 is 28.5 Å². The average Bonchev–Trinajstić information content (AvgIpc) is 2.89. The van der Waals surface area contributed by atoms with E-state index in [1.165, 1.54) is 0 Å². The fourth-order valence-electron chi connectivity index (χ4n) is 2.20. The normalized spacial score (nSPS) is 20.4. The highest BCUT2D eigenvalue weighted by atomic mass is 32.2. The number of rotatable bonds is 4. The highest BCUT2D eigenvalue weighted by Crippen LogP contribution is 2.27. The van der Waals surface area contributed by atoms with E-state index in [2.05, 4.69) is 0 Å². The van der Waals surface area contributed by atoms with E-state index in [0.717, 1.165) is 28.6 Å². The molecule has 0 aliphatic carbocycles. The lowest BCUT2D eigenvalue weighted by molar-refractivity contribution is -0.140. The van der Waals surface area contributed by atoms with E-state index in [-0.39, 0.29) is 23.4 Å². The molecule has 0 amide bonds. The number of carboxylic acid groups (broad SMARTS) is 1. The molecule has 1 saturated heterocycles. The summed E-state index contributed by atoms with van der Waals surface area (Å²) in [6.45, 7) is 0.121. The van der Waals surface area contributed by atoms with E-state index in [1.54, 1.807) is 0 Å². The van der Waals surface area contributed by atoms with E-state index in [9.17, 15) is 22.0 Å². The van der Waals surface area contributed by atoms with Gasteiger partial charge >= 0.3 is 5.97 Å². The predicted octanol–water partition coefficient (Wildman–Crippen LogP) is 1.86. The topological polar surface area (TPSA) is 74.7 Å². The van der Waals surface area contributed by atoms with Gasteiger partial charge in [-0.05, 0) is 25.0 Å². The van der Waals surface area contributed by atoms with E-state index in [0.29, 0.717) is 6.42 Å². The Morgan fingerprint density at radius 2 is 1.90 bits per heavy atom. The number of benzene rings is 1. The second-order valence-electron chi connectivity index (χ2n) is 4.48. The summed E-state index contributed by atoms with van der Waals surface area (Å²) in [6.07, 6.45) is -1.96. The lowest BCUT2D eigenvalue weighted by atomic mass is 10.2. The van der Waals surface area contributed by atoms with Gasteiger partial charge in [-0.15, -0.1) is 0 Å². The second kappa shape index (κ2) is 5.45. The summed E-state index contributed by atoms with van der Waals surface area (Å²) >= 11 is 0. The van der Waals surface area contributed by atoms with Crippen LogP contribution >= 0.6 is 0 Å². The number of aliphatic carboxylic acids is 1. The first-order chi connectivity index (χ1) is 9.34. The van der Waals surface area contributed by atoms with Gasteiger partial charge in [0.2, 0.25) is 10.0 Å². The zero-order valence-electron chi connectivity index (χ0n) is 10.4.